The average molecular weight is 305 g/mol. The molecule has 1 heterocycles. The first kappa shape index (κ1) is 14.8. The molecule has 1 aromatic carbocycles. The number of para-hydroxylation sites is 1. The molecule has 0 fully saturated rings. The molecule has 20 heavy (non-hydrogen) atoms. The molecule has 1 atom stereocenters. The summed E-state index contributed by atoms with van der Waals surface area (Å²) in [5.41, 5.74) is 6.19. The van der Waals surface area contributed by atoms with Gasteiger partial charge in [-0.15, -0.1) is 11.3 Å². The quantitative estimate of drug-likeness (QED) is 0.846. The summed E-state index contributed by atoms with van der Waals surface area (Å²) in [7, 11) is 0. The molecule has 2 nitrogen and oxygen atoms in total. The van der Waals surface area contributed by atoms with E-state index in [4.69, 9.17) is 5.73 Å². The second-order valence-electron chi connectivity index (χ2n) is 4.00. The summed E-state index contributed by atoms with van der Waals surface area (Å²) < 4.78 is 54.6. The molecular weight excluding hydrogens is 294 g/mol. The Morgan fingerprint density at radius 3 is 2.40 bits per heavy atom. The first-order valence-electron chi connectivity index (χ1n) is 5.64. The van der Waals surface area contributed by atoms with E-state index in [-0.39, 0.29) is 11.3 Å². The maximum absolute atomic E-state index is 13.0. The molecule has 0 saturated heterocycles. The van der Waals surface area contributed by atoms with Crippen LogP contribution in [0.1, 0.15) is 16.5 Å². The predicted molar refractivity (Wildman–Crippen MR) is 68.4 cm³/mol. The molecule has 7 heteroatoms. The molecule has 0 saturated carbocycles. The number of thiophene rings is 1. The van der Waals surface area contributed by atoms with E-state index in [1.807, 2.05) is 0 Å². The van der Waals surface area contributed by atoms with Crippen LogP contribution in [0.5, 0.6) is 5.75 Å². The van der Waals surface area contributed by atoms with Crippen molar-refractivity contribution in [1.29, 1.82) is 0 Å². The predicted octanol–water partition coefficient (Wildman–Crippen LogP) is 4.03. The Hall–Kier alpha value is -1.60. The molecule has 108 valence electrons. The van der Waals surface area contributed by atoms with Crippen LogP contribution in [0.3, 0.4) is 0 Å². The van der Waals surface area contributed by atoms with Gasteiger partial charge in [0, 0.05) is 10.4 Å². The third-order valence-corrected chi connectivity index (χ3v) is 3.56. The Kier molecular flexibility index (Phi) is 4.29. The number of hydrogen-bond donors (Lipinski definition) is 1. The highest BCUT2D eigenvalue weighted by atomic mass is 32.1. The molecule has 0 aliphatic rings. The Morgan fingerprint density at radius 1 is 1.10 bits per heavy atom. The first-order chi connectivity index (χ1) is 9.42. The molecule has 0 radical (unpaired) electrons. The fraction of sp³-hybridized carbons (Fsp3) is 0.231. The fourth-order valence-corrected chi connectivity index (χ4v) is 2.39. The Labute approximate surface area is 116 Å². The highest BCUT2D eigenvalue weighted by Crippen LogP contribution is 2.34. The standard InChI is InChI=1S/C13H11F4NOS/c14-12(15)13(16,17)19-9-5-2-1-4-8(9)11(18)10-6-3-7-20-10/h1-7,11-12H,18H2/t11-/m1/s1. The van der Waals surface area contributed by atoms with Crippen molar-refractivity contribution >= 4 is 11.3 Å². The molecular formula is C13H11F4NOS. The van der Waals surface area contributed by atoms with E-state index in [1.54, 1.807) is 23.6 Å². The lowest BCUT2D eigenvalue weighted by Crippen LogP contribution is -2.34. The van der Waals surface area contributed by atoms with Crippen LogP contribution in [0, 0.1) is 0 Å². The zero-order valence-electron chi connectivity index (χ0n) is 10.1. The summed E-state index contributed by atoms with van der Waals surface area (Å²) >= 11 is 1.34. The van der Waals surface area contributed by atoms with E-state index < -0.39 is 18.6 Å². The van der Waals surface area contributed by atoms with Crippen LogP contribution in [0.15, 0.2) is 41.8 Å². The maximum Gasteiger partial charge on any atom is 0.461 e. The minimum Gasteiger partial charge on any atom is -0.428 e. The van der Waals surface area contributed by atoms with Gasteiger partial charge in [-0.1, -0.05) is 24.3 Å². The topological polar surface area (TPSA) is 35.2 Å². The summed E-state index contributed by atoms with van der Waals surface area (Å²) in [5, 5.41) is 1.78. The molecule has 0 bridgehead atoms. The summed E-state index contributed by atoms with van der Waals surface area (Å²) in [6.07, 6.45) is -8.46. The molecule has 2 rings (SSSR count). The van der Waals surface area contributed by atoms with E-state index in [2.05, 4.69) is 4.74 Å². The summed E-state index contributed by atoms with van der Waals surface area (Å²) in [5.74, 6) is -0.348. The van der Waals surface area contributed by atoms with Gasteiger partial charge in [-0.3, -0.25) is 0 Å². The number of nitrogens with two attached hydrogens (primary N) is 1. The fourth-order valence-electron chi connectivity index (χ4n) is 1.64. The minimum atomic E-state index is -4.55. The third kappa shape index (κ3) is 3.10. The van der Waals surface area contributed by atoms with Crippen molar-refractivity contribution in [3.63, 3.8) is 0 Å². The molecule has 2 aromatic rings. The number of halogens is 4. The summed E-state index contributed by atoms with van der Waals surface area (Å²) in [6, 6.07) is 8.45. The van der Waals surface area contributed by atoms with Gasteiger partial charge in [-0.05, 0) is 17.5 Å². The van der Waals surface area contributed by atoms with Gasteiger partial charge in [0.2, 0.25) is 0 Å². The van der Waals surface area contributed by atoms with Crippen LogP contribution in [0.4, 0.5) is 17.6 Å². The SMILES string of the molecule is N[C@@H](c1cccs1)c1ccccc1OC(F)(F)C(F)F. The van der Waals surface area contributed by atoms with Crippen molar-refractivity contribution < 1.29 is 22.3 Å². The van der Waals surface area contributed by atoms with Crippen LogP contribution >= 0.6 is 11.3 Å². The Morgan fingerprint density at radius 2 is 1.80 bits per heavy atom. The van der Waals surface area contributed by atoms with E-state index in [0.717, 1.165) is 4.88 Å². The summed E-state index contributed by atoms with van der Waals surface area (Å²) in [6.45, 7) is 0. The van der Waals surface area contributed by atoms with Gasteiger partial charge in [0.05, 0.1) is 6.04 Å². The largest absolute Gasteiger partial charge is 0.461 e. The second-order valence-corrected chi connectivity index (χ2v) is 4.97. The van der Waals surface area contributed by atoms with Crippen molar-refractivity contribution in [2.45, 2.75) is 18.6 Å². The molecule has 2 N–H and O–H groups in total. The monoisotopic (exact) mass is 305 g/mol. The maximum atomic E-state index is 13.0. The lowest BCUT2D eigenvalue weighted by molar-refractivity contribution is -0.253. The number of benzene rings is 1. The van der Waals surface area contributed by atoms with Crippen LogP contribution in [0.2, 0.25) is 0 Å². The third-order valence-electron chi connectivity index (χ3n) is 2.60. The van der Waals surface area contributed by atoms with Crippen molar-refractivity contribution in [3.05, 3.63) is 52.2 Å². The second kappa shape index (κ2) is 5.80. The lowest BCUT2D eigenvalue weighted by Gasteiger charge is -2.21. The summed E-state index contributed by atoms with van der Waals surface area (Å²) in [4.78, 5) is 0.724. The minimum absolute atomic E-state index is 0.232. The normalized spacial score (nSPS) is 13.5. The van der Waals surface area contributed by atoms with Gasteiger partial charge in [0.15, 0.2) is 0 Å². The van der Waals surface area contributed by atoms with Crippen LogP contribution in [-0.2, 0) is 0 Å². The molecule has 1 aromatic heterocycles. The van der Waals surface area contributed by atoms with Gasteiger partial charge >= 0.3 is 12.5 Å². The van der Waals surface area contributed by atoms with Gasteiger partial charge in [0.1, 0.15) is 5.75 Å². The van der Waals surface area contributed by atoms with Crippen molar-refractivity contribution in [2.24, 2.45) is 5.73 Å². The zero-order valence-corrected chi connectivity index (χ0v) is 10.9. The van der Waals surface area contributed by atoms with Crippen molar-refractivity contribution in [1.82, 2.24) is 0 Å². The van der Waals surface area contributed by atoms with Gasteiger partial charge in [-0.25, -0.2) is 0 Å². The van der Waals surface area contributed by atoms with Crippen LogP contribution in [0.25, 0.3) is 0 Å². The van der Waals surface area contributed by atoms with Crippen LogP contribution < -0.4 is 10.5 Å². The van der Waals surface area contributed by atoms with Crippen LogP contribution in [-0.4, -0.2) is 12.5 Å². The van der Waals surface area contributed by atoms with E-state index in [9.17, 15) is 17.6 Å². The smallest absolute Gasteiger partial charge is 0.428 e. The lowest BCUT2D eigenvalue weighted by atomic mass is 10.1. The Balaban J connectivity index is 2.31. The van der Waals surface area contributed by atoms with Gasteiger partial charge in [-0.2, -0.15) is 17.6 Å². The van der Waals surface area contributed by atoms with Gasteiger partial charge in [0.25, 0.3) is 0 Å². The zero-order chi connectivity index (χ0) is 14.8. The molecule has 0 unspecified atom stereocenters. The molecule has 0 aliphatic carbocycles. The van der Waals surface area contributed by atoms with Crippen molar-refractivity contribution in [3.8, 4) is 5.75 Å². The molecule has 0 spiro atoms. The molecule has 0 amide bonds. The average Bonchev–Trinajstić information content (AvgIpc) is 2.92. The highest BCUT2D eigenvalue weighted by molar-refractivity contribution is 7.10. The van der Waals surface area contributed by atoms with Crippen molar-refractivity contribution in [2.75, 3.05) is 0 Å². The first-order valence-corrected chi connectivity index (χ1v) is 6.52. The number of ether oxygens (including phenoxy) is 1. The van der Waals surface area contributed by atoms with E-state index >= 15 is 0 Å². The molecule has 0 aliphatic heterocycles. The number of rotatable bonds is 5. The number of hydrogen-bond acceptors (Lipinski definition) is 3. The van der Waals surface area contributed by atoms with E-state index in [1.165, 1.54) is 29.5 Å². The van der Waals surface area contributed by atoms with E-state index in [0.29, 0.717) is 0 Å². The van der Waals surface area contributed by atoms with Gasteiger partial charge < -0.3 is 10.5 Å². The Bertz CT molecular complexity index is 559. The number of alkyl halides is 4. The highest BCUT2D eigenvalue weighted by Gasteiger charge is 2.44.